The fourth-order valence-electron chi connectivity index (χ4n) is 1.47. The summed E-state index contributed by atoms with van der Waals surface area (Å²) in [4.78, 5) is 24.2. The summed E-state index contributed by atoms with van der Waals surface area (Å²) in [5.74, 6) is -0.879. The molecule has 8 heteroatoms. The molecule has 1 aliphatic heterocycles. The molecular weight excluding hydrogens is 232 g/mol. The largest absolute Gasteiger partial charge is 0.505 e. The highest BCUT2D eigenvalue weighted by Gasteiger charge is 2.36. The van der Waals surface area contributed by atoms with Crippen LogP contribution in [-0.2, 0) is 4.74 Å². The average Bonchev–Trinajstić information content (AvgIpc) is 2.57. The van der Waals surface area contributed by atoms with Crippen LogP contribution in [0.4, 0.5) is 0 Å². The SMILES string of the molecule is O=c1ccn(C2=C(O)[C@@H](O)[C@@H](CO)O2)c(=O)[nH]1. The second-order valence-corrected chi connectivity index (χ2v) is 3.45. The Hall–Kier alpha value is -2.06. The fourth-order valence-corrected chi connectivity index (χ4v) is 1.47. The highest BCUT2D eigenvalue weighted by molar-refractivity contribution is 5.45. The maximum atomic E-state index is 11.4. The first-order valence-corrected chi connectivity index (χ1v) is 4.75. The summed E-state index contributed by atoms with van der Waals surface area (Å²) < 4.78 is 5.84. The Balaban J connectivity index is 2.48. The maximum absolute atomic E-state index is 11.4. The second-order valence-electron chi connectivity index (χ2n) is 3.45. The van der Waals surface area contributed by atoms with Crippen molar-refractivity contribution in [1.29, 1.82) is 0 Å². The lowest BCUT2D eigenvalue weighted by Crippen LogP contribution is -2.29. The Labute approximate surface area is 94.0 Å². The van der Waals surface area contributed by atoms with Crippen LogP contribution in [0, 0.1) is 0 Å². The van der Waals surface area contributed by atoms with Gasteiger partial charge in [-0.15, -0.1) is 0 Å². The number of nitrogens with zero attached hydrogens (tertiary/aromatic N) is 1. The van der Waals surface area contributed by atoms with E-state index >= 15 is 0 Å². The topological polar surface area (TPSA) is 125 Å². The van der Waals surface area contributed by atoms with Crippen LogP contribution in [0.25, 0.3) is 5.88 Å². The van der Waals surface area contributed by atoms with Gasteiger partial charge in [-0.2, -0.15) is 0 Å². The maximum Gasteiger partial charge on any atom is 0.335 e. The predicted molar refractivity (Wildman–Crippen MR) is 55.1 cm³/mol. The third kappa shape index (κ3) is 1.83. The van der Waals surface area contributed by atoms with Crippen molar-refractivity contribution in [2.75, 3.05) is 6.61 Å². The summed E-state index contributed by atoms with van der Waals surface area (Å²) in [7, 11) is 0. The zero-order chi connectivity index (χ0) is 12.6. The van der Waals surface area contributed by atoms with Gasteiger partial charge in [-0.3, -0.25) is 9.78 Å². The van der Waals surface area contributed by atoms with E-state index in [1.54, 1.807) is 0 Å². The molecule has 4 N–H and O–H groups in total. The van der Waals surface area contributed by atoms with E-state index in [0.29, 0.717) is 0 Å². The lowest BCUT2D eigenvalue weighted by atomic mass is 10.2. The van der Waals surface area contributed by atoms with E-state index < -0.39 is 35.8 Å². The van der Waals surface area contributed by atoms with E-state index in [0.717, 1.165) is 16.8 Å². The summed E-state index contributed by atoms with van der Waals surface area (Å²) >= 11 is 0. The van der Waals surface area contributed by atoms with Crippen molar-refractivity contribution < 1.29 is 20.1 Å². The van der Waals surface area contributed by atoms with Gasteiger partial charge in [0.2, 0.25) is 5.88 Å². The summed E-state index contributed by atoms with van der Waals surface area (Å²) in [5, 5.41) is 27.9. The Bertz CT molecular complexity index is 571. The first-order valence-electron chi connectivity index (χ1n) is 4.75. The molecule has 0 spiro atoms. The van der Waals surface area contributed by atoms with Gasteiger partial charge in [0.25, 0.3) is 5.56 Å². The summed E-state index contributed by atoms with van der Waals surface area (Å²) in [6.45, 7) is -0.521. The normalized spacial score (nSPS) is 23.9. The van der Waals surface area contributed by atoms with E-state index in [1.165, 1.54) is 0 Å². The number of aromatic nitrogens is 2. The first-order chi connectivity index (χ1) is 8.04. The molecule has 0 saturated heterocycles. The molecule has 2 rings (SSSR count). The van der Waals surface area contributed by atoms with Crippen LogP contribution in [0.5, 0.6) is 0 Å². The molecule has 17 heavy (non-hydrogen) atoms. The standard InChI is InChI=1S/C9H10N2O6/c12-3-4-6(14)7(15)8(17-4)11-2-1-5(13)10-9(11)16/h1-2,4,6,12,14-15H,3H2,(H,10,13,16)/t4-,6+/m1/s1. The average molecular weight is 242 g/mol. The van der Waals surface area contributed by atoms with E-state index in [1.807, 2.05) is 4.98 Å². The van der Waals surface area contributed by atoms with Crippen molar-refractivity contribution in [1.82, 2.24) is 9.55 Å². The van der Waals surface area contributed by atoms with Crippen molar-refractivity contribution >= 4 is 5.88 Å². The lowest BCUT2D eigenvalue weighted by molar-refractivity contribution is 0.0137. The van der Waals surface area contributed by atoms with Crippen molar-refractivity contribution in [3.05, 3.63) is 38.9 Å². The van der Waals surface area contributed by atoms with Crippen LogP contribution >= 0.6 is 0 Å². The highest BCUT2D eigenvalue weighted by Crippen LogP contribution is 2.25. The molecule has 92 valence electrons. The molecule has 0 saturated carbocycles. The van der Waals surface area contributed by atoms with E-state index in [9.17, 15) is 19.8 Å². The second kappa shape index (κ2) is 4.07. The summed E-state index contributed by atoms with van der Waals surface area (Å²) in [6.07, 6.45) is -1.35. The quantitative estimate of drug-likeness (QED) is 0.474. The molecule has 0 fully saturated rings. The zero-order valence-electron chi connectivity index (χ0n) is 8.53. The molecule has 1 aliphatic rings. The van der Waals surface area contributed by atoms with Gasteiger partial charge in [-0.1, -0.05) is 0 Å². The first kappa shape index (κ1) is 11.4. The monoisotopic (exact) mass is 242 g/mol. The zero-order valence-corrected chi connectivity index (χ0v) is 8.53. The molecule has 0 aromatic carbocycles. The Morgan fingerprint density at radius 2 is 2.18 bits per heavy atom. The van der Waals surface area contributed by atoms with Crippen LogP contribution in [0.15, 0.2) is 27.6 Å². The van der Waals surface area contributed by atoms with Crippen molar-refractivity contribution in [2.45, 2.75) is 12.2 Å². The number of H-pyrrole nitrogens is 1. The highest BCUT2D eigenvalue weighted by atomic mass is 16.5. The predicted octanol–water partition coefficient (Wildman–Crippen LogP) is -2.03. The van der Waals surface area contributed by atoms with Gasteiger partial charge in [0.1, 0.15) is 0 Å². The lowest BCUT2D eigenvalue weighted by Gasteiger charge is -2.11. The third-order valence-corrected chi connectivity index (χ3v) is 2.34. The minimum Gasteiger partial charge on any atom is -0.505 e. The number of aromatic amines is 1. The van der Waals surface area contributed by atoms with Gasteiger partial charge in [0.05, 0.1) is 6.61 Å². The number of aliphatic hydroxyl groups excluding tert-OH is 3. The van der Waals surface area contributed by atoms with Crippen LogP contribution in [-0.4, -0.2) is 43.7 Å². The van der Waals surface area contributed by atoms with Gasteiger partial charge in [0.15, 0.2) is 18.0 Å². The van der Waals surface area contributed by atoms with Crippen molar-refractivity contribution in [3.63, 3.8) is 0 Å². The van der Waals surface area contributed by atoms with Crippen LogP contribution < -0.4 is 11.2 Å². The van der Waals surface area contributed by atoms with Crippen molar-refractivity contribution in [2.24, 2.45) is 0 Å². The van der Waals surface area contributed by atoms with E-state index in [2.05, 4.69) is 0 Å². The minimum absolute atomic E-state index is 0.308. The Morgan fingerprint density at radius 3 is 2.71 bits per heavy atom. The smallest absolute Gasteiger partial charge is 0.335 e. The van der Waals surface area contributed by atoms with Gasteiger partial charge < -0.3 is 20.1 Å². The molecular formula is C9H10N2O6. The number of rotatable bonds is 2. The molecule has 8 nitrogen and oxygen atoms in total. The van der Waals surface area contributed by atoms with Gasteiger partial charge in [-0.25, -0.2) is 9.36 Å². The van der Waals surface area contributed by atoms with Gasteiger partial charge in [0, 0.05) is 12.3 Å². The van der Waals surface area contributed by atoms with E-state index in [4.69, 9.17) is 9.84 Å². The Kier molecular flexibility index (Phi) is 2.74. The molecule has 1 aromatic rings. The Morgan fingerprint density at radius 1 is 1.47 bits per heavy atom. The van der Waals surface area contributed by atoms with Crippen LogP contribution in [0.3, 0.4) is 0 Å². The summed E-state index contributed by atoms with van der Waals surface area (Å²) in [6, 6.07) is 1.06. The van der Waals surface area contributed by atoms with Gasteiger partial charge >= 0.3 is 5.69 Å². The van der Waals surface area contributed by atoms with E-state index in [-0.39, 0.29) is 5.88 Å². The molecule has 0 aliphatic carbocycles. The van der Waals surface area contributed by atoms with Crippen molar-refractivity contribution in [3.8, 4) is 0 Å². The third-order valence-electron chi connectivity index (χ3n) is 2.34. The molecule has 0 radical (unpaired) electrons. The van der Waals surface area contributed by atoms with Crippen LogP contribution in [0.1, 0.15) is 0 Å². The summed E-state index contributed by atoms with van der Waals surface area (Å²) in [5.41, 5.74) is -1.41. The van der Waals surface area contributed by atoms with Gasteiger partial charge in [-0.05, 0) is 0 Å². The number of ether oxygens (including phenoxy) is 1. The molecule has 1 aromatic heterocycles. The molecule has 0 unspecified atom stereocenters. The number of hydrogen-bond donors (Lipinski definition) is 4. The number of hydrogen-bond acceptors (Lipinski definition) is 6. The molecule has 0 amide bonds. The molecule has 2 atom stereocenters. The van der Waals surface area contributed by atoms with Crippen LogP contribution in [0.2, 0.25) is 0 Å². The molecule has 0 bridgehead atoms. The number of nitrogens with one attached hydrogen (secondary N) is 1. The number of aliphatic hydroxyl groups is 3. The molecule has 2 heterocycles. The minimum atomic E-state index is -1.41. The fraction of sp³-hybridized carbons (Fsp3) is 0.333.